The number of rotatable bonds is 8. The fourth-order valence-electron chi connectivity index (χ4n) is 2.99. The lowest BCUT2D eigenvalue weighted by molar-refractivity contribution is -0.115. The van der Waals surface area contributed by atoms with E-state index >= 15 is 0 Å². The Morgan fingerprint density at radius 3 is 2.15 bits per heavy atom. The monoisotopic (exact) mass is 481 g/mol. The average molecular weight is 482 g/mol. The normalized spacial score (nSPS) is 14.8. The number of amides is 2. The molecule has 1 aliphatic rings. The number of benzene rings is 3. The number of thioether (sulfide) groups is 1. The third-order valence-electron chi connectivity index (χ3n) is 4.64. The Labute approximate surface area is 195 Å². The first-order valence-corrected chi connectivity index (χ1v) is 12.2. The first-order chi connectivity index (χ1) is 15.9. The van der Waals surface area contributed by atoms with Crippen molar-refractivity contribution in [1.82, 2.24) is 5.32 Å². The fourth-order valence-corrected chi connectivity index (χ4v) is 4.63. The van der Waals surface area contributed by atoms with Crippen LogP contribution in [0, 0.1) is 0 Å². The van der Waals surface area contributed by atoms with Crippen molar-refractivity contribution in [2.45, 2.75) is 11.3 Å². The van der Waals surface area contributed by atoms with Gasteiger partial charge >= 0.3 is 10.1 Å². The number of hydrogen-bond acceptors (Lipinski definition) is 7. The van der Waals surface area contributed by atoms with Gasteiger partial charge in [0.25, 0.3) is 11.1 Å². The van der Waals surface area contributed by atoms with Crippen LogP contribution in [0.1, 0.15) is 11.1 Å². The maximum absolute atomic E-state index is 12.3. The Kier molecular flexibility index (Phi) is 6.81. The maximum Gasteiger partial charge on any atom is 0.339 e. The van der Waals surface area contributed by atoms with E-state index in [1.807, 2.05) is 0 Å². The molecule has 0 radical (unpaired) electrons. The second kappa shape index (κ2) is 9.93. The highest BCUT2D eigenvalue weighted by atomic mass is 32.2. The van der Waals surface area contributed by atoms with E-state index < -0.39 is 10.1 Å². The van der Waals surface area contributed by atoms with Crippen LogP contribution in [-0.4, -0.2) is 26.2 Å². The Bertz CT molecular complexity index is 1290. The molecule has 0 aromatic heterocycles. The van der Waals surface area contributed by atoms with E-state index in [1.165, 1.54) is 12.1 Å². The van der Waals surface area contributed by atoms with Crippen LogP contribution in [0.4, 0.5) is 4.79 Å². The van der Waals surface area contributed by atoms with E-state index in [1.54, 1.807) is 72.8 Å². The molecule has 3 aromatic carbocycles. The Morgan fingerprint density at radius 1 is 0.848 bits per heavy atom. The van der Waals surface area contributed by atoms with Gasteiger partial charge in [0, 0.05) is 6.42 Å². The minimum absolute atomic E-state index is 0.100. The summed E-state index contributed by atoms with van der Waals surface area (Å²) in [6.45, 7) is 0.426. The molecule has 1 N–H and O–H groups in total. The Morgan fingerprint density at radius 2 is 1.52 bits per heavy atom. The zero-order chi connectivity index (χ0) is 23.3. The molecule has 0 spiro atoms. The smallest absolute Gasteiger partial charge is 0.339 e. The highest BCUT2D eigenvalue weighted by Gasteiger charge is 2.24. The van der Waals surface area contributed by atoms with Crippen LogP contribution in [0.15, 0.2) is 88.7 Å². The topological polar surface area (TPSA) is 98.8 Å². The molecule has 33 heavy (non-hydrogen) atoms. The number of imide groups is 1. The number of carbonyl (C=O) groups is 2. The first kappa shape index (κ1) is 22.6. The minimum atomic E-state index is -3.87. The molecular weight excluding hydrogens is 462 g/mol. The van der Waals surface area contributed by atoms with Crippen LogP contribution in [0.25, 0.3) is 6.08 Å². The fraction of sp³-hybridized carbons (Fsp3) is 0.0833. The largest absolute Gasteiger partial charge is 0.493 e. The lowest BCUT2D eigenvalue weighted by Gasteiger charge is -2.09. The molecule has 1 aliphatic heterocycles. The van der Waals surface area contributed by atoms with E-state index in [-0.39, 0.29) is 21.8 Å². The van der Waals surface area contributed by atoms with E-state index in [9.17, 15) is 18.0 Å². The summed E-state index contributed by atoms with van der Waals surface area (Å²) in [6, 6.07) is 22.0. The van der Waals surface area contributed by atoms with Crippen molar-refractivity contribution in [3.63, 3.8) is 0 Å². The van der Waals surface area contributed by atoms with Crippen molar-refractivity contribution in [2.24, 2.45) is 0 Å². The molecule has 9 heteroatoms. The highest BCUT2D eigenvalue weighted by molar-refractivity contribution is 8.18. The van der Waals surface area contributed by atoms with Gasteiger partial charge in [0.2, 0.25) is 0 Å². The lowest BCUT2D eigenvalue weighted by atomic mass is 10.1. The van der Waals surface area contributed by atoms with Gasteiger partial charge < -0.3 is 8.92 Å². The molecule has 2 amide bonds. The van der Waals surface area contributed by atoms with Crippen LogP contribution in [-0.2, 0) is 21.3 Å². The van der Waals surface area contributed by atoms with E-state index in [4.69, 9.17) is 8.92 Å². The van der Waals surface area contributed by atoms with Crippen LogP contribution in [0.2, 0.25) is 0 Å². The molecule has 3 aromatic rings. The second-order valence-corrected chi connectivity index (χ2v) is 9.58. The molecule has 4 rings (SSSR count). The van der Waals surface area contributed by atoms with E-state index in [0.29, 0.717) is 23.7 Å². The van der Waals surface area contributed by atoms with Crippen molar-refractivity contribution < 1.29 is 26.9 Å². The molecule has 0 atom stereocenters. The summed E-state index contributed by atoms with van der Waals surface area (Å²) in [5, 5.41) is 1.85. The molecule has 1 saturated heterocycles. The summed E-state index contributed by atoms with van der Waals surface area (Å²) >= 11 is 0.875. The molecule has 168 valence electrons. The third kappa shape index (κ3) is 6.03. The van der Waals surface area contributed by atoms with Crippen LogP contribution >= 0.6 is 11.8 Å². The van der Waals surface area contributed by atoms with Crippen molar-refractivity contribution in [3.05, 3.63) is 94.9 Å². The van der Waals surface area contributed by atoms with E-state index in [2.05, 4.69) is 5.32 Å². The van der Waals surface area contributed by atoms with Crippen molar-refractivity contribution in [2.75, 3.05) is 6.61 Å². The molecule has 0 saturated carbocycles. The quantitative estimate of drug-likeness (QED) is 0.376. The van der Waals surface area contributed by atoms with Crippen LogP contribution in [0.5, 0.6) is 11.5 Å². The zero-order valence-corrected chi connectivity index (χ0v) is 18.9. The zero-order valence-electron chi connectivity index (χ0n) is 17.3. The molecular formula is C24H19NO6S2. The Balaban J connectivity index is 1.28. The molecule has 0 aliphatic carbocycles. The van der Waals surface area contributed by atoms with Gasteiger partial charge in [-0.25, -0.2) is 0 Å². The maximum atomic E-state index is 12.3. The molecule has 1 heterocycles. The average Bonchev–Trinajstić information content (AvgIpc) is 3.13. The summed E-state index contributed by atoms with van der Waals surface area (Å²) in [4.78, 5) is 23.3. The van der Waals surface area contributed by atoms with Crippen molar-refractivity contribution in [1.29, 1.82) is 0 Å². The first-order valence-electron chi connectivity index (χ1n) is 9.95. The van der Waals surface area contributed by atoms with Gasteiger partial charge in [-0.3, -0.25) is 14.9 Å². The number of ether oxygens (including phenoxy) is 1. The molecule has 0 bridgehead atoms. The van der Waals surface area contributed by atoms with Crippen molar-refractivity contribution in [3.8, 4) is 11.5 Å². The van der Waals surface area contributed by atoms with Gasteiger partial charge in [0.1, 0.15) is 16.4 Å². The summed E-state index contributed by atoms with van der Waals surface area (Å²) in [7, 11) is -3.87. The predicted octanol–water partition coefficient (Wildman–Crippen LogP) is 4.40. The van der Waals surface area contributed by atoms with Crippen molar-refractivity contribution >= 4 is 39.1 Å². The highest BCUT2D eigenvalue weighted by Crippen LogP contribution is 2.26. The van der Waals surface area contributed by atoms with Crippen LogP contribution < -0.4 is 14.2 Å². The second-order valence-electron chi connectivity index (χ2n) is 7.01. The van der Waals surface area contributed by atoms with Crippen LogP contribution in [0.3, 0.4) is 0 Å². The van der Waals surface area contributed by atoms with Gasteiger partial charge in [0.15, 0.2) is 0 Å². The van der Waals surface area contributed by atoms with Gasteiger partial charge in [-0.15, -0.1) is 0 Å². The summed E-state index contributed by atoms with van der Waals surface area (Å²) in [5.41, 5.74) is 1.76. The number of nitrogens with one attached hydrogen (secondary N) is 1. The van der Waals surface area contributed by atoms with Gasteiger partial charge in [0.05, 0.1) is 11.5 Å². The minimum Gasteiger partial charge on any atom is -0.493 e. The summed E-state index contributed by atoms with van der Waals surface area (Å²) in [5.74, 6) is 0.522. The summed E-state index contributed by atoms with van der Waals surface area (Å²) in [6.07, 6.45) is 2.27. The van der Waals surface area contributed by atoms with Gasteiger partial charge in [-0.1, -0.05) is 42.5 Å². The lowest BCUT2D eigenvalue weighted by Crippen LogP contribution is -2.17. The SMILES string of the molecule is O=C1NC(=O)C(=Cc2ccc(OCCc3ccc(OS(=O)(=O)c4ccccc4)cc3)cc2)S1. The number of carbonyl (C=O) groups excluding carboxylic acids is 2. The standard InChI is InChI=1S/C24H19NO6S2/c26-23-22(32-24(27)25-23)16-18-8-10-19(11-9-18)30-15-14-17-6-12-20(13-7-17)31-33(28,29)21-4-2-1-3-5-21/h1-13,16H,14-15H2,(H,25,26,27). The molecule has 0 unspecified atom stereocenters. The third-order valence-corrected chi connectivity index (χ3v) is 6.71. The van der Waals surface area contributed by atoms with E-state index in [0.717, 1.165) is 22.9 Å². The number of hydrogen-bond donors (Lipinski definition) is 1. The van der Waals surface area contributed by atoms with Gasteiger partial charge in [-0.05, 0) is 65.4 Å². The molecule has 1 fully saturated rings. The molecule has 7 nitrogen and oxygen atoms in total. The predicted molar refractivity (Wildman–Crippen MR) is 125 cm³/mol. The van der Waals surface area contributed by atoms with Gasteiger partial charge in [-0.2, -0.15) is 8.42 Å². The Hall–Kier alpha value is -3.56. The summed E-state index contributed by atoms with van der Waals surface area (Å²) < 4.78 is 35.5.